The van der Waals surface area contributed by atoms with Crippen LogP contribution in [0.5, 0.6) is 0 Å². The summed E-state index contributed by atoms with van der Waals surface area (Å²) in [6.07, 6.45) is 0.406. The van der Waals surface area contributed by atoms with Crippen LogP contribution in [0.15, 0.2) is 64.8 Å². The Balaban J connectivity index is 2.02. The summed E-state index contributed by atoms with van der Waals surface area (Å²) in [6, 6.07) is 15.7. The number of rotatable bonds is 5. The quantitative estimate of drug-likeness (QED) is 0.468. The second-order valence-corrected chi connectivity index (χ2v) is 5.73. The molecule has 1 heterocycles. The van der Waals surface area contributed by atoms with Crippen LogP contribution in [0.4, 0.5) is 5.69 Å². The summed E-state index contributed by atoms with van der Waals surface area (Å²) in [7, 11) is 0. The lowest BCUT2D eigenvalue weighted by Gasteiger charge is -2.22. The first-order chi connectivity index (χ1) is 12.6. The molecule has 1 atom stereocenters. The molecule has 0 bridgehead atoms. The monoisotopic (exact) mass is 351 g/mol. The molecule has 7 heteroatoms. The van der Waals surface area contributed by atoms with E-state index in [2.05, 4.69) is 10.2 Å². The summed E-state index contributed by atoms with van der Waals surface area (Å²) in [4.78, 5) is 22.9. The Labute approximate surface area is 150 Å². The van der Waals surface area contributed by atoms with Gasteiger partial charge in [-0.1, -0.05) is 42.5 Å². The van der Waals surface area contributed by atoms with E-state index in [9.17, 15) is 14.9 Å². The van der Waals surface area contributed by atoms with E-state index in [1.54, 1.807) is 19.1 Å². The third kappa shape index (κ3) is 3.66. The molecule has 2 aromatic carbocycles. The van der Waals surface area contributed by atoms with Crippen molar-refractivity contribution in [3.8, 4) is 0 Å². The van der Waals surface area contributed by atoms with Crippen LogP contribution in [-0.4, -0.2) is 28.9 Å². The van der Waals surface area contributed by atoms with Crippen LogP contribution in [0, 0.1) is 10.1 Å². The Morgan fingerprint density at radius 2 is 1.96 bits per heavy atom. The van der Waals surface area contributed by atoms with Crippen molar-refractivity contribution in [1.82, 2.24) is 0 Å². The summed E-state index contributed by atoms with van der Waals surface area (Å²) in [5.74, 6) is -1.01. The molecule has 0 saturated carbocycles. The summed E-state index contributed by atoms with van der Waals surface area (Å²) in [5.41, 5.74) is 2.38. The Morgan fingerprint density at radius 3 is 2.65 bits per heavy atom. The molecule has 1 unspecified atom stereocenters. The molecule has 0 spiro atoms. The Hall–Kier alpha value is -3.35. The topological polar surface area (TPSA) is 94.2 Å². The number of nitro groups is 1. The van der Waals surface area contributed by atoms with Crippen molar-refractivity contribution in [2.75, 3.05) is 6.61 Å². The number of carbonyl (C=O) groups excluding carboxylic acids is 1. The first-order valence-electron chi connectivity index (χ1n) is 8.21. The number of carbonyl (C=O) groups is 1. The lowest BCUT2D eigenvalue weighted by Crippen LogP contribution is -2.29. The highest BCUT2D eigenvalue weighted by molar-refractivity contribution is 6.39. The molecular weight excluding hydrogens is 334 g/mol. The van der Waals surface area contributed by atoms with Crippen molar-refractivity contribution >= 4 is 23.1 Å². The Bertz CT molecular complexity index is 891. The van der Waals surface area contributed by atoms with Gasteiger partial charge in [-0.3, -0.25) is 10.1 Å². The van der Waals surface area contributed by atoms with Crippen LogP contribution in [-0.2, 0) is 9.53 Å². The van der Waals surface area contributed by atoms with Crippen molar-refractivity contribution in [3.63, 3.8) is 0 Å². The summed E-state index contributed by atoms with van der Waals surface area (Å²) >= 11 is 0. The highest BCUT2D eigenvalue weighted by Gasteiger charge is 2.31. The first kappa shape index (κ1) is 17.5. The molecule has 0 saturated heterocycles. The van der Waals surface area contributed by atoms with Crippen LogP contribution < -0.4 is 0 Å². The van der Waals surface area contributed by atoms with Gasteiger partial charge in [-0.2, -0.15) is 5.10 Å². The van der Waals surface area contributed by atoms with Gasteiger partial charge in [0, 0.05) is 24.5 Å². The molecule has 0 fully saturated rings. The number of nitrogens with zero attached hydrogens (tertiary/aromatic N) is 3. The molecule has 7 nitrogen and oxygen atoms in total. The van der Waals surface area contributed by atoms with E-state index >= 15 is 0 Å². The largest absolute Gasteiger partial charge is 0.461 e. The van der Waals surface area contributed by atoms with E-state index in [0.29, 0.717) is 12.0 Å². The molecule has 0 radical (unpaired) electrons. The zero-order valence-corrected chi connectivity index (χ0v) is 14.2. The lowest BCUT2D eigenvalue weighted by atomic mass is 9.86. The maximum atomic E-state index is 12.3. The van der Waals surface area contributed by atoms with E-state index in [1.807, 2.05) is 30.3 Å². The fourth-order valence-electron chi connectivity index (χ4n) is 2.84. The number of hydrogen-bond acceptors (Lipinski definition) is 6. The zero-order valence-electron chi connectivity index (χ0n) is 14.2. The van der Waals surface area contributed by atoms with Crippen molar-refractivity contribution in [1.29, 1.82) is 0 Å². The predicted molar refractivity (Wildman–Crippen MR) is 97.5 cm³/mol. The molecule has 1 aliphatic rings. The predicted octanol–water partition coefficient (Wildman–Crippen LogP) is 3.49. The maximum Gasteiger partial charge on any atom is 0.355 e. The minimum absolute atomic E-state index is 0.0329. The molecule has 0 aliphatic carbocycles. The summed E-state index contributed by atoms with van der Waals surface area (Å²) < 4.78 is 5.08. The Kier molecular flexibility index (Phi) is 5.17. The molecule has 0 N–H and O–H groups in total. The maximum absolute atomic E-state index is 12.3. The van der Waals surface area contributed by atoms with E-state index in [0.717, 1.165) is 11.3 Å². The fraction of sp³-hybridized carbons (Fsp3) is 0.211. The van der Waals surface area contributed by atoms with Gasteiger partial charge in [0.25, 0.3) is 5.69 Å². The van der Waals surface area contributed by atoms with Crippen molar-refractivity contribution < 1.29 is 14.5 Å². The van der Waals surface area contributed by atoms with Gasteiger partial charge in [0.1, 0.15) is 0 Å². The SMILES string of the molecule is CCOC(=O)C1=NN=C(c2ccccc2)CC1c1cccc([N+](=O)[O-])c1. The number of nitro benzene ring substituents is 1. The van der Waals surface area contributed by atoms with Gasteiger partial charge in [-0.25, -0.2) is 4.79 Å². The molecule has 26 heavy (non-hydrogen) atoms. The van der Waals surface area contributed by atoms with Crippen molar-refractivity contribution in [3.05, 3.63) is 75.8 Å². The van der Waals surface area contributed by atoms with Gasteiger partial charge in [0.2, 0.25) is 0 Å². The minimum Gasteiger partial charge on any atom is -0.461 e. The highest BCUT2D eigenvalue weighted by atomic mass is 16.6. The van der Waals surface area contributed by atoms with Gasteiger partial charge in [0.05, 0.1) is 17.2 Å². The van der Waals surface area contributed by atoms with E-state index < -0.39 is 16.8 Å². The van der Waals surface area contributed by atoms with Crippen molar-refractivity contribution in [2.24, 2.45) is 10.2 Å². The van der Waals surface area contributed by atoms with Crippen LogP contribution in [0.25, 0.3) is 0 Å². The fourth-order valence-corrected chi connectivity index (χ4v) is 2.84. The summed E-state index contributed by atoms with van der Waals surface area (Å²) in [5, 5.41) is 19.4. The normalized spacial score (nSPS) is 16.4. The second kappa shape index (κ2) is 7.69. The number of benzene rings is 2. The summed E-state index contributed by atoms with van der Waals surface area (Å²) in [6.45, 7) is 1.93. The average Bonchev–Trinajstić information content (AvgIpc) is 2.68. The van der Waals surface area contributed by atoms with Crippen LogP contribution in [0.1, 0.15) is 30.4 Å². The number of esters is 1. The van der Waals surface area contributed by atoms with Gasteiger partial charge < -0.3 is 4.74 Å². The molecule has 3 rings (SSSR count). The number of non-ortho nitro benzene ring substituents is 1. The van der Waals surface area contributed by atoms with Gasteiger partial charge in [0.15, 0.2) is 5.71 Å². The third-order valence-corrected chi connectivity index (χ3v) is 4.08. The van der Waals surface area contributed by atoms with E-state index in [4.69, 9.17) is 4.74 Å². The Morgan fingerprint density at radius 1 is 1.19 bits per heavy atom. The number of ether oxygens (including phenoxy) is 1. The van der Waals surface area contributed by atoms with Crippen molar-refractivity contribution in [2.45, 2.75) is 19.3 Å². The molecule has 0 aromatic heterocycles. The standard InChI is InChI=1S/C19H17N3O4/c1-2-26-19(23)18-16(14-9-6-10-15(11-14)22(24)25)12-17(20-21-18)13-7-4-3-5-8-13/h3-11,16H,2,12H2,1H3. The van der Waals surface area contributed by atoms with E-state index in [1.165, 1.54) is 12.1 Å². The highest BCUT2D eigenvalue weighted by Crippen LogP contribution is 2.30. The van der Waals surface area contributed by atoms with Gasteiger partial charge in [-0.05, 0) is 18.1 Å². The molecule has 2 aromatic rings. The molecular formula is C19H17N3O4. The second-order valence-electron chi connectivity index (χ2n) is 5.73. The molecule has 0 amide bonds. The average molecular weight is 351 g/mol. The molecule has 132 valence electrons. The minimum atomic E-state index is -0.556. The van der Waals surface area contributed by atoms with Gasteiger partial charge in [-0.15, -0.1) is 5.10 Å². The zero-order chi connectivity index (χ0) is 18.5. The van der Waals surface area contributed by atoms with Gasteiger partial charge >= 0.3 is 5.97 Å². The van der Waals surface area contributed by atoms with Crippen LogP contribution >= 0.6 is 0 Å². The van der Waals surface area contributed by atoms with E-state index in [-0.39, 0.29) is 18.0 Å². The molecule has 1 aliphatic heterocycles. The van der Waals surface area contributed by atoms with Crippen LogP contribution in [0.3, 0.4) is 0 Å². The first-order valence-corrected chi connectivity index (χ1v) is 8.21. The number of hydrogen-bond donors (Lipinski definition) is 0. The third-order valence-electron chi connectivity index (χ3n) is 4.08. The smallest absolute Gasteiger partial charge is 0.355 e. The lowest BCUT2D eigenvalue weighted by molar-refractivity contribution is -0.384. The van der Waals surface area contributed by atoms with Crippen LogP contribution in [0.2, 0.25) is 0 Å².